The molecular formula is C8H12ClNO. The minimum atomic E-state index is -0.258. The normalized spacial score (nSPS) is 44.1. The summed E-state index contributed by atoms with van der Waals surface area (Å²) in [7, 11) is 0. The first-order valence-electron chi connectivity index (χ1n) is 4.20. The van der Waals surface area contributed by atoms with Gasteiger partial charge in [-0.15, -0.1) is 11.6 Å². The quantitative estimate of drug-likeness (QED) is 0.556. The van der Waals surface area contributed by atoms with E-state index in [0.717, 1.165) is 12.8 Å². The van der Waals surface area contributed by atoms with E-state index in [1.165, 1.54) is 6.42 Å². The Bertz CT molecular complexity index is 183. The number of alkyl halides is 1. The van der Waals surface area contributed by atoms with Crippen LogP contribution in [0.4, 0.5) is 0 Å². The minimum Gasteiger partial charge on any atom is -0.309 e. The molecule has 3 heteroatoms. The molecule has 0 aromatic carbocycles. The standard InChI is InChI=1S/C8H12ClNO/c9-8-6-3-1-2-5(10-6)4-7(8)11/h5-6,8,10H,1-4H2. The number of Topliss-reactive ketones (excluding diaryl/α,β-unsaturated/α-hetero) is 1. The Morgan fingerprint density at radius 2 is 2.27 bits per heavy atom. The molecular weight excluding hydrogens is 162 g/mol. The molecule has 62 valence electrons. The van der Waals surface area contributed by atoms with Crippen LogP contribution < -0.4 is 5.32 Å². The third-order valence-electron chi connectivity index (χ3n) is 2.63. The average Bonchev–Trinajstić information content (AvgIpc) is 2.01. The van der Waals surface area contributed by atoms with Gasteiger partial charge >= 0.3 is 0 Å². The first-order valence-corrected chi connectivity index (χ1v) is 4.64. The molecule has 2 aliphatic heterocycles. The van der Waals surface area contributed by atoms with Crippen molar-refractivity contribution in [2.75, 3.05) is 0 Å². The van der Waals surface area contributed by atoms with E-state index in [4.69, 9.17) is 11.6 Å². The third kappa shape index (κ3) is 1.30. The molecule has 0 spiro atoms. The lowest BCUT2D eigenvalue weighted by Crippen LogP contribution is -2.55. The maximum absolute atomic E-state index is 11.2. The summed E-state index contributed by atoms with van der Waals surface area (Å²) in [6.07, 6.45) is 4.08. The first kappa shape index (κ1) is 7.56. The van der Waals surface area contributed by atoms with E-state index >= 15 is 0 Å². The molecule has 2 rings (SSSR count). The van der Waals surface area contributed by atoms with Gasteiger partial charge in [-0.25, -0.2) is 0 Å². The van der Waals surface area contributed by atoms with E-state index in [2.05, 4.69) is 5.32 Å². The summed E-state index contributed by atoms with van der Waals surface area (Å²) in [5, 5.41) is 3.12. The zero-order valence-corrected chi connectivity index (χ0v) is 7.10. The molecule has 0 aromatic rings. The predicted octanol–water partition coefficient (Wildman–Crippen LogP) is 1.08. The van der Waals surface area contributed by atoms with Crippen molar-refractivity contribution < 1.29 is 4.79 Å². The topological polar surface area (TPSA) is 29.1 Å². The van der Waals surface area contributed by atoms with Crippen molar-refractivity contribution in [2.45, 2.75) is 43.1 Å². The van der Waals surface area contributed by atoms with Crippen LogP contribution in [-0.4, -0.2) is 23.2 Å². The Morgan fingerprint density at radius 1 is 1.45 bits per heavy atom. The molecule has 0 radical (unpaired) electrons. The Balaban J connectivity index is 2.11. The summed E-state index contributed by atoms with van der Waals surface area (Å²) in [5.41, 5.74) is 0. The largest absolute Gasteiger partial charge is 0.309 e. The maximum atomic E-state index is 11.2. The van der Waals surface area contributed by atoms with Gasteiger partial charge in [-0.1, -0.05) is 6.42 Å². The molecule has 2 saturated heterocycles. The number of halogens is 1. The lowest BCUT2D eigenvalue weighted by atomic mass is 9.86. The van der Waals surface area contributed by atoms with Gasteiger partial charge in [0.25, 0.3) is 0 Å². The lowest BCUT2D eigenvalue weighted by molar-refractivity contribution is -0.121. The molecule has 0 amide bonds. The van der Waals surface area contributed by atoms with E-state index in [9.17, 15) is 4.79 Å². The van der Waals surface area contributed by atoms with Crippen LogP contribution in [0.5, 0.6) is 0 Å². The summed E-state index contributed by atoms with van der Waals surface area (Å²) in [5.74, 6) is 0.236. The Kier molecular flexibility index (Phi) is 1.90. The summed E-state index contributed by atoms with van der Waals surface area (Å²) in [6, 6.07) is 0.688. The number of carbonyl (C=O) groups excluding carboxylic acids is 1. The van der Waals surface area contributed by atoms with E-state index in [-0.39, 0.29) is 17.2 Å². The number of carbonyl (C=O) groups is 1. The van der Waals surface area contributed by atoms with Crippen LogP contribution in [0, 0.1) is 0 Å². The fourth-order valence-electron chi connectivity index (χ4n) is 2.03. The van der Waals surface area contributed by atoms with E-state index in [1.807, 2.05) is 0 Å². The molecule has 2 bridgehead atoms. The van der Waals surface area contributed by atoms with Crippen LogP contribution in [-0.2, 0) is 4.79 Å². The van der Waals surface area contributed by atoms with Crippen molar-refractivity contribution in [2.24, 2.45) is 0 Å². The Hall–Kier alpha value is -0.0800. The zero-order chi connectivity index (χ0) is 7.84. The molecule has 2 aliphatic rings. The zero-order valence-electron chi connectivity index (χ0n) is 6.35. The number of nitrogens with one attached hydrogen (secondary N) is 1. The second kappa shape index (κ2) is 2.76. The van der Waals surface area contributed by atoms with Crippen molar-refractivity contribution in [3.8, 4) is 0 Å². The van der Waals surface area contributed by atoms with Crippen LogP contribution in [0.3, 0.4) is 0 Å². The van der Waals surface area contributed by atoms with Crippen molar-refractivity contribution in [3.63, 3.8) is 0 Å². The fraction of sp³-hybridized carbons (Fsp3) is 0.875. The average molecular weight is 174 g/mol. The minimum absolute atomic E-state index is 0.236. The van der Waals surface area contributed by atoms with Gasteiger partial charge in [0.2, 0.25) is 0 Å². The van der Waals surface area contributed by atoms with Crippen molar-refractivity contribution in [3.05, 3.63) is 0 Å². The summed E-state index contributed by atoms with van der Waals surface area (Å²) in [4.78, 5) is 11.2. The first-order chi connectivity index (χ1) is 5.27. The molecule has 0 saturated carbocycles. The summed E-state index contributed by atoms with van der Waals surface area (Å²) in [6.45, 7) is 0. The van der Waals surface area contributed by atoms with Gasteiger partial charge in [0.15, 0.2) is 5.78 Å². The smallest absolute Gasteiger partial charge is 0.153 e. The third-order valence-corrected chi connectivity index (χ3v) is 3.17. The molecule has 11 heavy (non-hydrogen) atoms. The van der Waals surface area contributed by atoms with Crippen LogP contribution in [0.2, 0.25) is 0 Å². The molecule has 0 aromatic heterocycles. The number of hydrogen-bond acceptors (Lipinski definition) is 2. The van der Waals surface area contributed by atoms with Gasteiger partial charge in [-0.2, -0.15) is 0 Å². The van der Waals surface area contributed by atoms with Crippen LogP contribution in [0.15, 0.2) is 0 Å². The molecule has 0 aliphatic carbocycles. The Morgan fingerprint density at radius 3 is 3.09 bits per heavy atom. The second-order valence-corrected chi connectivity index (χ2v) is 3.94. The van der Waals surface area contributed by atoms with Gasteiger partial charge in [0, 0.05) is 18.5 Å². The molecule has 3 unspecified atom stereocenters. The number of piperidine rings is 2. The second-order valence-electron chi connectivity index (χ2n) is 3.47. The van der Waals surface area contributed by atoms with Gasteiger partial charge in [-0.3, -0.25) is 4.79 Å². The highest BCUT2D eigenvalue weighted by Crippen LogP contribution is 2.26. The van der Waals surface area contributed by atoms with Crippen molar-refractivity contribution in [1.29, 1.82) is 0 Å². The SMILES string of the molecule is O=C1CC2CCCC(N2)C1Cl. The van der Waals surface area contributed by atoms with Crippen LogP contribution in [0.1, 0.15) is 25.7 Å². The number of ketones is 1. The summed E-state index contributed by atoms with van der Waals surface area (Å²) < 4.78 is 0. The number of rotatable bonds is 0. The van der Waals surface area contributed by atoms with Gasteiger partial charge in [0.05, 0.1) is 0 Å². The predicted molar refractivity (Wildman–Crippen MR) is 43.8 cm³/mol. The van der Waals surface area contributed by atoms with E-state index < -0.39 is 0 Å². The molecule has 2 heterocycles. The van der Waals surface area contributed by atoms with Crippen molar-refractivity contribution in [1.82, 2.24) is 5.32 Å². The summed E-state index contributed by atoms with van der Waals surface area (Å²) >= 11 is 5.92. The number of fused-ring (bicyclic) bond motifs is 2. The molecule has 1 N–H and O–H groups in total. The van der Waals surface area contributed by atoms with Crippen molar-refractivity contribution >= 4 is 17.4 Å². The molecule has 2 nitrogen and oxygen atoms in total. The fourth-order valence-corrected chi connectivity index (χ4v) is 2.31. The number of hydrogen-bond donors (Lipinski definition) is 1. The van der Waals surface area contributed by atoms with Gasteiger partial charge in [-0.05, 0) is 12.8 Å². The molecule has 3 atom stereocenters. The van der Waals surface area contributed by atoms with E-state index in [1.54, 1.807) is 0 Å². The monoisotopic (exact) mass is 173 g/mol. The highest BCUT2D eigenvalue weighted by molar-refractivity contribution is 6.32. The highest BCUT2D eigenvalue weighted by Gasteiger charge is 2.36. The Labute approximate surface area is 71.3 Å². The van der Waals surface area contributed by atoms with Crippen LogP contribution in [0.25, 0.3) is 0 Å². The molecule has 2 fully saturated rings. The highest BCUT2D eigenvalue weighted by atomic mass is 35.5. The van der Waals surface area contributed by atoms with Gasteiger partial charge in [0.1, 0.15) is 5.38 Å². The van der Waals surface area contributed by atoms with Gasteiger partial charge < -0.3 is 5.32 Å². The maximum Gasteiger partial charge on any atom is 0.153 e. The lowest BCUT2D eigenvalue weighted by Gasteiger charge is -2.37. The van der Waals surface area contributed by atoms with E-state index in [0.29, 0.717) is 12.5 Å². The van der Waals surface area contributed by atoms with Crippen LogP contribution >= 0.6 is 11.6 Å².